The van der Waals surface area contributed by atoms with Crippen LogP contribution in [0.2, 0.25) is 0 Å². The van der Waals surface area contributed by atoms with Crippen LogP contribution < -0.4 is 26.0 Å². The van der Waals surface area contributed by atoms with Crippen molar-refractivity contribution in [3.63, 3.8) is 0 Å². The summed E-state index contributed by atoms with van der Waals surface area (Å²) in [6, 6.07) is 13.1. The molecule has 26 nitrogen and oxygen atoms in total. The molecule has 6 rings (SSSR count). The third kappa shape index (κ3) is 26.6. The summed E-state index contributed by atoms with van der Waals surface area (Å²) in [4.78, 5) is 135. The number of aromatic nitrogens is 1. The molecule has 6 amide bonds. The van der Waals surface area contributed by atoms with Crippen molar-refractivity contribution in [1.82, 2.24) is 60.6 Å². The van der Waals surface area contributed by atoms with Gasteiger partial charge in [-0.15, -0.1) is 0 Å². The summed E-state index contributed by atoms with van der Waals surface area (Å²) in [5.74, 6) is -7.20. The number of likely N-dealkylation sites (tertiary alicyclic amines) is 1. The average molecular weight is 1310 g/mol. The molecule has 0 bridgehead atoms. The number of halogens is 2. The maximum atomic E-state index is 14.1. The smallest absolute Gasteiger partial charge is 0.317 e. The lowest BCUT2D eigenvalue weighted by molar-refractivity contribution is -0.140. The van der Waals surface area contributed by atoms with Gasteiger partial charge in [0, 0.05) is 154 Å². The highest BCUT2D eigenvalue weighted by atomic mass is 32.2. The summed E-state index contributed by atoms with van der Waals surface area (Å²) in [6.45, 7) is 5.73. The number of aliphatic imine (C=N–C) groups is 1. The van der Waals surface area contributed by atoms with E-state index in [0.717, 1.165) is 23.4 Å². The number of carboxylic acid groups (broad SMARTS) is 3. The van der Waals surface area contributed by atoms with E-state index in [9.17, 15) is 67.3 Å². The molecule has 29 heteroatoms. The van der Waals surface area contributed by atoms with Gasteiger partial charge >= 0.3 is 17.9 Å². The predicted octanol–water partition coefficient (Wildman–Crippen LogP) is 1.63. The van der Waals surface area contributed by atoms with Gasteiger partial charge in [-0.25, -0.2) is 8.78 Å². The molecule has 3 aliphatic heterocycles. The average Bonchev–Trinajstić information content (AvgIpc) is 1.23. The predicted molar refractivity (Wildman–Crippen MR) is 343 cm³/mol. The minimum Gasteiger partial charge on any atom is -0.494 e. The number of hydrogen-bond acceptors (Lipinski definition) is 18. The first-order valence-electron chi connectivity index (χ1n) is 31.5. The van der Waals surface area contributed by atoms with Gasteiger partial charge in [-0.1, -0.05) is 36.2 Å². The third-order valence-corrected chi connectivity index (χ3v) is 17.2. The molecule has 3 aromatic rings. The number of alkyl halides is 2. The van der Waals surface area contributed by atoms with Crippen LogP contribution in [0.15, 0.2) is 59.7 Å². The van der Waals surface area contributed by atoms with E-state index in [1.54, 1.807) is 37.8 Å². The quantitative estimate of drug-likeness (QED) is 0.0330. The van der Waals surface area contributed by atoms with Crippen LogP contribution in [0, 0.1) is 6.92 Å². The van der Waals surface area contributed by atoms with Crippen LogP contribution in [0.3, 0.4) is 0 Å². The molecule has 3 saturated heterocycles. The zero-order valence-corrected chi connectivity index (χ0v) is 53.7. The van der Waals surface area contributed by atoms with Crippen molar-refractivity contribution in [2.24, 2.45) is 4.99 Å². The van der Waals surface area contributed by atoms with Crippen LogP contribution in [0.4, 0.5) is 8.78 Å². The number of fused-ring (bicyclic) bond motifs is 1. The Morgan fingerprint density at radius 2 is 1.32 bits per heavy atom. The van der Waals surface area contributed by atoms with Crippen LogP contribution in [0.25, 0.3) is 10.9 Å². The number of nitrogens with zero attached hydrogens (tertiary/aromatic N) is 9. The summed E-state index contributed by atoms with van der Waals surface area (Å²) < 4.78 is 34.3. The van der Waals surface area contributed by atoms with E-state index < -0.39 is 79.1 Å². The molecule has 4 heterocycles. The van der Waals surface area contributed by atoms with Crippen molar-refractivity contribution >= 4 is 82.2 Å². The zero-order valence-electron chi connectivity index (χ0n) is 52.9. The number of rotatable bonds is 34. The Balaban J connectivity index is 0.920. The molecule has 0 saturated carbocycles. The van der Waals surface area contributed by atoms with Crippen molar-refractivity contribution in [1.29, 1.82) is 0 Å². The minimum absolute atomic E-state index is 0.0522. The molecule has 3 aliphatic rings. The fourth-order valence-electron chi connectivity index (χ4n) is 11.1. The maximum absolute atomic E-state index is 14.1. The third-order valence-electron chi connectivity index (χ3n) is 16.2. The van der Waals surface area contributed by atoms with Gasteiger partial charge in [0.2, 0.25) is 29.5 Å². The second kappa shape index (κ2) is 38.5. The van der Waals surface area contributed by atoms with Crippen LogP contribution in [-0.2, 0) is 44.8 Å². The van der Waals surface area contributed by atoms with Gasteiger partial charge in [0.05, 0.1) is 63.0 Å². The summed E-state index contributed by atoms with van der Waals surface area (Å²) in [5, 5.41) is 40.7. The molecule has 92 heavy (non-hydrogen) atoms. The molecule has 0 radical (unpaired) electrons. The number of aliphatic carboxylic acids is 3. The lowest BCUT2D eigenvalue weighted by atomic mass is 10.1. The molecule has 3 fully saturated rings. The van der Waals surface area contributed by atoms with Crippen molar-refractivity contribution in [2.45, 2.75) is 82.7 Å². The SMILES string of the molecule is CN=C[C@H]1CC(F)(F)CN1C(=O)CNC(=O)c1ccnc2ccc(OCCCN3CCN(C(=O)CCCCCNC(=O)C(CSCCNC(=O)CCCc4ccc(C)cc4)NC(=O)CN4CCN(CC(=O)O)CCN(CC(=O)O)CCN(CC(=O)O)CC4)CC3)cc12. The number of carbonyl (C=O) groups is 9. The maximum Gasteiger partial charge on any atom is 0.317 e. The van der Waals surface area contributed by atoms with Gasteiger partial charge in [-0.2, -0.15) is 11.8 Å². The molecule has 1 aromatic heterocycles. The van der Waals surface area contributed by atoms with Crippen LogP contribution >= 0.6 is 11.8 Å². The Morgan fingerprint density at radius 1 is 0.696 bits per heavy atom. The van der Waals surface area contributed by atoms with Crippen LogP contribution in [0.5, 0.6) is 5.75 Å². The van der Waals surface area contributed by atoms with Crippen LogP contribution in [-0.4, -0.2) is 295 Å². The molecular formula is C63H91F2N13O13S. The van der Waals surface area contributed by atoms with Crippen LogP contribution in [0.1, 0.15) is 72.9 Å². The lowest BCUT2D eigenvalue weighted by Gasteiger charge is -2.34. The number of carbonyl (C=O) groups excluding carboxylic acids is 6. The number of carboxylic acids is 3. The van der Waals surface area contributed by atoms with E-state index >= 15 is 0 Å². The Labute approximate surface area is 540 Å². The molecular weight excluding hydrogens is 1220 g/mol. The van der Waals surface area contributed by atoms with Crippen molar-refractivity contribution < 1.29 is 72.0 Å². The number of amides is 6. The Kier molecular flexibility index (Phi) is 30.8. The molecule has 2 atom stereocenters. The van der Waals surface area contributed by atoms with Crippen molar-refractivity contribution in [3.8, 4) is 5.75 Å². The second-order valence-electron chi connectivity index (χ2n) is 23.5. The first-order valence-corrected chi connectivity index (χ1v) is 32.7. The highest BCUT2D eigenvalue weighted by Crippen LogP contribution is 2.31. The normalized spacial score (nSPS) is 17.8. The summed E-state index contributed by atoms with van der Waals surface area (Å²) in [5.41, 5.74) is 3.11. The van der Waals surface area contributed by atoms with E-state index in [2.05, 4.69) is 48.3 Å². The largest absolute Gasteiger partial charge is 0.494 e. The Morgan fingerprint density at radius 3 is 1.93 bits per heavy atom. The van der Waals surface area contributed by atoms with Gasteiger partial charge in [0.15, 0.2) is 0 Å². The second-order valence-corrected chi connectivity index (χ2v) is 24.6. The van der Waals surface area contributed by atoms with Gasteiger partial charge in [-0.05, 0) is 68.9 Å². The fourth-order valence-corrected chi connectivity index (χ4v) is 12.0. The number of unbranched alkanes of at least 4 members (excludes halogenated alkanes) is 2. The number of aryl methyl sites for hydroxylation is 2. The number of benzene rings is 2. The standard InChI is InChI=1S/C63H91F2N13O13S/c1-46-11-13-47(14-12-46)8-6-9-54(79)68-20-35-92-44-53(71-55(80)40-73-22-24-74(41-58(83)84)26-28-76(43-60(87)88)29-27-75(25-23-73)42-59(85)86)62(90)69-18-5-3-4-10-56(81)77-32-30-72(31-33-77)21-7-34-91-49-15-16-52-51(36-49)50(17-19-67-52)61(89)70-39-57(82)78-45-63(64,65)37-48(78)38-66-2/h11-17,19,36,38,48,53H,3-10,18,20-35,37,39-45H2,1-2H3,(H,68,79)(H,69,90)(H,70,89)(H,71,80)(H,83,84)(H,85,86)(H,87,88)/t48-,53?/m1/s1. The zero-order chi connectivity index (χ0) is 66.4. The topological polar surface area (TPSA) is 320 Å². The van der Waals surface area contributed by atoms with Gasteiger partial charge in [0.25, 0.3) is 11.8 Å². The number of nitrogens with one attached hydrogen (secondary N) is 4. The number of piperazine rings is 1. The summed E-state index contributed by atoms with van der Waals surface area (Å²) in [6.07, 6.45) is 6.97. The molecule has 0 spiro atoms. The van der Waals surface area contributed by atoms with E-state index in [1.165, 1.54) is 42.9 Å². The van der Waals surface area contributed by atoms with E-state index in [0.29, 0.717) is 113 Å². The Hall–Kier alpha value is -7.44. The van der Waals surface area contributed by atoms with E-state index in [1.807, 2.05) is 24.0 Å². The first kappa shape index (κ1) is 73.6. The van der Waals surface area contributed by atoms with E-state index in [4.69, 9.17) is 4.74 Å². The Bertz CT molecular complexity index is 2930. The fraction of sp³-hybridized carbons (Fsp3) is 0.603. The van der Waals surface area contributed by atoms with Gasteiger partial charge in [0.1, 0.15) is 11.8 Å². The number of hydrogen-bond donors (Lipinski definition) is 7. The monoisotopic (exact) mass is 1310 g/mol. The molecule has 506 valence electrons. The van der Waals surface area contributed by atoms with Gasteiger partial charge in [-0.3, -0.25) is 77.6 Å². The number of ether oxygens (including phenoxy) is 1. The minimum atomic E-state index is -3.05. The highest BCUT2D eigenvalue weighted by Gasteiger charge is 2.46. The molecule has 2 aromatic carbocycles. The van der Waals surface area contributed by atoms with Gasteiger partial charge < -0.3 is 51.1 Å². The summed E-state index contributed by atoms with van der Waals surface area (Å²) in [7, 11) is 1.45. The molecule has 0 aliphatic carbocycles. The van der Waals surface area contributed by atoms with Crippen molar-refractivity contribution in [3.05, 3.63) is 71.4 Å². The number of thioether (sulfide) groups is 1. The highest BCUT2D eigenvalue weighted by molar-refractivity contribution is 7.99. The number of pyridine rings is 1. The molecule has 7 N–H and O–H groups in total. The summed E-state index contributed by atoms with van der Waals surface area (Å²) >= 11 is 1.39. The van der Waals surface area contributed by atoms with E-state index in [-0.39, 0.29) is 102 Å². The lowest BCUT2D eigenvalue weighted by Crippen LogP contribution is -2.53. The first-order chi connectivity index (χ1) is 44.1. The van der Waals surface area contributed by atoms with Crippen molar-refractivity contribution in [2.75, 3.05) is 163 Å². The molecule has 1 unspecified atom stereocenters.